The second-order valence-corrected chi connectivity index (χ2v) is 12.1. The molecule has 0 bridgehead atoms. The lowest BCUT2D eigenvalue weighted by atomic mass is 10.1. The van der Waals surface area contributed by atoms with Crippen molar-refractivity contribution in [3.8, 4) is 9.88 Å². The van der Waals surface area contributed by atoms with Gasteiger partial charge in [0.05, 0.1) is 27.9 Å². The number of carbonyl (C=O) groups excluding carboxylic acids is 1. The summed E-state index contributed by atoms with van der Waals surface area (Å²) in [7, 11) is -3.78. The monoisotopic (exact) mass is 493 g/mol. The largest absolute Gasteiger partial charge is 0.349 e. The van der Waals surface area contributed by atoms with Crippen LogP contribution in [-0.2, 0) is 21.4 Å². The molecule has 6 nitrogen and oxygen atoms in total. The van der Waals surface area contributed by atoms with Crippen molar-refractivity contribution >= 4 is 50.4 Å². The average molecular weight is 494 g/mol. The van der Waals surface area contributed by atoms with Crippen LogP contribution in [0.5, 0.6) is 0 Å². The number of thioether (sulfide) groups is 1. The molecule has 1 N–H and O–H groups in total. The Morgan fingerprint density at radius 3 is 2.65 bits per heavy atom. The normalized spacial score (nSPS) is 17.2. The number of sulfonamides is 1. The lowest BCUT2D eigenvalue weighted by molar-refractivity contribution is -0.124. The van der Waals surface area contributed by atoms with E-state index in [2.05, 4.69) is 10.3 Å². The maximum Gasteiger partial charge on any atom is 0.245 e. The number of hydrogen-bond donors (Lipinski definition) is 1. The van der Waals surface area contributed by atoms with Gasteiger partial charge in [-0.25, -0.2) is 13.4 Å². The Hall–Kier alpha value is -1.72. The van der Waals surface area contributed by atoms with Crippen molar-refractivity contribution in [3.63, 3.8) is 0 Å². The molecule has 0 saturated carbocycles. The van der Waals surface area contributed by atoms with Crippen molar-refractivity contribution < 1.29 is 13.2 Å². The van der Waals surface area contributed by atoms with Crippen LogP contribution in [-0.4, -0.2) is 41.3 Å². The molecule has 31 heavy (non-hydrogen) atoms. The number of carbonyl (C=O) groups is 1. The van der Waals surface area contributed by atoms with Crippen LogP contribution in [0.3, 0.4) is 0 Å². The fourth-order valence-corrected chi connectivity index (χ4v) is 8.96. The van der Waals surface area contributed by atoms with Gasteiger partial charge in [-0.3, -0.25) is 4.79 Å². The molecule has 0 aliphatic carbocycles. The summed E-state index contributed by atoms with van der Waals surface area (Å²) in [5.74, 6) is 0.417. The second kappa shape index (κ2) is 9.03. The molecule has 0 radical (unpaired) electrons. The van der Waals surface area contributed by atoms with Crippen molar-refractivity contribution in [2.45, 2.75) is 38.3 Å². The van der Waals surface area contributed by atoms with E-state index in [1.807, 2.05) is 41.9 Å². The van der Waals surface area contributed by atoms with Gasteiger partial charge >= 0.3 is 0 Å². The Balaban J connectivity index is 1.49. The standard InChI is InChI=1S/C21H23N3O3S4/c1-13-7-14(2)19(15(3)8-13)31(26,27)24-12-28-11-17(24)20(25)22-9-16-10-30-21(23-16)18-5-4-6-29-18/h4-8,10,17H,9,11-12H2,1-3H3,(H,22,25). The van der Waals surface area contributed by atoms with Crippen molar-refractivity contribution in [2.75, 3.05) is 11.6 Å². The van der Waals surface area contributed by atoms with Crippen LogP contribution in [0.2, 0.25) is 0 Å². The fraction of sp³-hybridized carbons (Fsp3) is 0.333. The van der Waals surface area contributed by atoms with Crippen LogP contribution in [0.15, 0.2) is 39.9 Å². The molecule has 3 aromatic rings. The van der Waals surface area contributed by atoms with E-state index in [1.165, 1.54) is 27.4 Å². The van der Waals surface area contributed by atoms with E-state index >= 15 is 0 Å². The summed E-state index contributed by atoms with van der Waals surface area (Å²) in [6, 6.07) is 6.99. The second-order valence-electron chi connectivity index (χ2n) is 7.47. The molecule has 1 saturated heterocycles. The van der Waals surface area contributed by atoms with Crippen molar-refractivity contribution in [3.05, 3.63) is 57.4 Å². The maximum atomic E-state index is 13.4. The number of thiophene rings is 1. The number of amides is 1. The SMILES string of the molecule is Cc1cc(C)c(S(=O)(=O)N2CSCC2C(=O)NCc2csc(-c3cccs3)n2)c(C)c1. The first-order valence-electron chi connectivity index (χ1n) is 9.71. The molecule has 2 aromatic heterocycles. The number of benzene rings is 1. The third-order valence-corrected chi connectivity index (χ3v) is 10.3. The highest BCUT2D eigenvalue weighted by atomic mass is 32.2. The van der Waals surface area contributed by atoms with Crippen molar-refractivity contribution in [1.29, 1.82) is 0 Å². The van der Waals surface area contributed by atoms with Gasteiger partial charge < -0.3 is 5.32 Å². The van der Waals surface area contributed by atoms with Gasteiger partial charge in [-0.15, -0.1) is 34.4 Å². The van der Waals surface area contributed by atoms with Crippen LogP contribution in [0.25, 0.3) is 9.88 Å². The third-order valence-electron chi connectivity index (χ3n) is 5.04. The minimum Gasteiger partial charge on any atom is -0.349 e. The number of nitrogens with one attached hydrogen (secondary N) is 1. The van der Waals surface area contributed by atoms with E-state index in [4.69, 9.17) is 0 Å². The van der Waals surface area contributed by atoms with Gasteiger partial charge in [0.25, 0.3) is 0 Å². The Labute approximate surface area is 194 Å². The highest BCUT2D eigenvalue weighted by Gasteiger charge is 2.41. The molecule has 3 heterocycles. The molecular formula is C21H23N3O3S4. The van der Waals surface area contributed by atoms with Gasteiger partial charge in [-0.05, 0) is 43.3 Å². The lowest BCUT2D eigenvalue weighted by Gasteiger charge is -2.24. The summed E-state index contributed by atoms with van der Waals surface area (Å²) in [5, 5.41) is 7.73. The summed E-state index contributed by atoms with van der Waals surface area (Å²) >= 11 is 4.61. The summed E-state index contributed by atoms with van der Waals surface area (Å²) in [5.41, 5.74) is 3.20. The molecule has 1 atom stereocenters. The van der Waals surface area contributed by atoms with Gasteiger partial charge in [-0.1, -0.05) is 23.8 Å². The maximum absolute atomic E-state index is 13.4. The van der Waals surface area contributed by atoms with E-state index in [1.54, 1.807) is 25.2 Å². The van der Waals surface area contributed by atoms with E-state index in [9.17, 15) is 13.2 Å². The van der Waals surface area contributed by atoms with Gasteiger partial charge in [0.15, 0.2) is 0 Å². The Morgan fingerprint density at radius 2 is 1.97 bits per heavy atom. The zero-order valence-corrected chi connectivity index (χ0v) is 20.7. The molecule has 4 rings (SSSR count). The molecule has 1 aromatic carbocycles. The number of aryl methyl sites for hydroxylation is 3. The average Bonchev–Trinajstić information content (AvgIpc) is 3.46. The Bertz CT molecular complexity index is 1180. The van der Waals surface area contributed by atoms with Crippen LogP contribution < -0.4 is 5.32 Å². The number of aromatic nitrogens is 1. The quantitative estimate of drug-likeness (QED) is 0.557. The number of thiazole rings is 1. The number of nitrogens with zero attached hydrogens (tertiary/aromatic N) is 2. The first kappa shape index (κ1) is 22.5. The Morgan fingerprint density at radius 1 is 1.23 bits per heavy atom. The summed E-state index contributed by atoms with van der Waals surface area (Å²) in [6.07, 6.45) is 0. The first-order valence-corrected chi connectivity index (χ1v) is 14.1. The molecule has 1 unspecified atom stereocenters. The zero-order valence-electron chi connectivity index (χ0n) is 17.4. The van der Waals surface area contributed by atoms with E-state index < -0.39 is 16.1 Å². The molecule has 1 amide bonds. The topological polar surface area (TPSA) is 79.4 Å². The first-order chi connectivity index (χ1) is 14.8. The van der Waals surface area contributed by atoms with Gasteiger partial charge in [0, 0.05) is 11.1 Å². The summed E-state index contributed by atoms with van der Waals surface area (Å²) < 4.78 is 28.2. The minimum absolute atomic E-state index is 0.270. The molecule has 1 aliphatic heterocycles. The molecule has 1 aliphatic rings. The molecule has 0 spiro atoms. The Kier molecular flexibility index (Phi) is 6.55. The smallest absolute Gasteiger partial charge is 0.245 e. The van der Waals surface area contributed by atoms with E-state index in [0.717, 1.165) is 21.1 Å². The van der Waals surface area contributed by atoms with Crippen LogP contribution in [0, 0.1) is 20.8 Å². The summed E-state index contributed by atoms with van der Waals surface area (Å²) in [6.45, 7) is 5.83. The van der Waals surface area contributed by atoms with Gasteiger partial charge in [0.2, 0.25) is 15.9 Å². The van der Waals surface area contributed by atoms with Crippen LogP contribution in [0.1, 0.15) is 22.4 Å². The van der Waals surface area contributed by atoms with Crippen molar-refractivity contribution in [1.82, 2.24) is 14.6 Å². The molecule has 1 fully saturated rings. The minimum atomic E-state index is -3.78. The predicted molar refractivity (Wildman–Crippen MR) is 128 cm³/mol. The van der Waals surface area contributed by atoms with E-state index in [0.29, 0.717) is 21.8 Å². The van der Waals surface area contributed by atoms with Crippen LogP contribution in [0.4, 0.5) is 0 Å². The number of hydrogen-bond acceptors (Lipinski definition) is 7. The van der Waals surface area contributed by atoms with Crippen LogP contribution >= 0.6 is 34.4 Å². The molecule has 10 heteroatoms. The highest BCUT2D eigenvalue weighted by Crippen LogP contribution is 2.32. The third kappa shape index (κ3) is 4.58. The molecular weight excluding hydrogens is 471 g/mol. The lowest BCUT2D eigenvalue weighted by Crippen LogP contribution is -2.47. The number of rotatable bonds is 6. The van der Waals surface area contributed by atoms with Gasteiger partial charge in [0.1, 0.15) is 11.0 Å². The summed E-state index contributed by atoms with van der Waals surface area (Å²) in [4.78, 5) is 18.9. The zero-order chi connectivity index (χ0) is 22.2. The predicted octanol–water partition coefficient (Wildman–Crippen LogP) is 4.18. The fourth-order valence-electron chi connectivity index (χ4n) is 3.76. The van der Waals surface area contributed by atoms with E-state index in [-0.39, 0.29) is 18.3 Å². The van der Waals surface area contributed by atoms with Crippen molar-refractivity contribution in [2.24, 2.45) is 0 Å². The highest BCUT2D eigenvalue weighted by molar-refractivity contribution is 8.00. The molecule has 164 valence electrons. The van der Waals surface area contributed by atoms with Gasteiger partial charge in [-0.2, -0.15) is 4.31 Å².